The van der Waals surface area contributed by atoms with Crippen molar-refractivity contribution in [2.24, 2.45) is 7.05 Å². The van der Waals surface area contributed by atoms with Gasteiger partial charge in [-0.2, -0.15) is 8.42 Å². The quantitative estimate of drug-likeness (QED) is 0.0784. The van der Waals surface area contributed by atoms with Crippen LogP contribution in [0.25, 0.3) is 22.0 Å². The summed E-state index contributed by atoms with van der Waals surface area (Å²) >= 11 is 0. The van der Waals surface area contributed by atoms with Crippen LogP contribution in [0, 0.1) is 0 Å². The zero-order chi connectivity index (χ0) is 38.9. The fraction of sp³-hybridized carbons (Fsp3) is 0.0286. The van der Waals surface area contributed by atoms with E-state index < -0.39 is 56.5 Å². The fourth-order valence-corrected chi connectivity index (χ4v) is 8.05. The van der Waals surface area contributed by atoms with E-state index in [0.29, 0.717) is 45.8 Å². The van der Waals surface area contributed by atoms with Crippen molar-refractivity contribution in [2.45, 2.75) is 14.7 Å². The van der Waals surface area contributed by atoms with Crippen molar-refractivity contribution in [1.29, 1.82) is 0 Å². The largest absolute Gasteiger partial charge is 1.00 e. The molecule has 0 aliphatic heterocycles. The Kier molecular flexibility index (Phi) is 14.1. The summed E-state index contributed by atoms with van der Waals surface area (Å²) in [6.45, 7) is 0. The first-order chi connectivity index (χ1) is 25.3. The van der Waals surface area contributed by atoms with Crippen LogP contribution in [0.3, 0.4) is 0 Å². The van der Waals surface area contributed by atoms with Crippen LogP contribution >= 0.6 is 0 Å². The van der Waals surface area contributed by atoms with E-state index in [0.717, 1.165) is 18.2 Å². The van der Waals surface area contributed by atoms with Crippen molar-refractivity contribution in [3.63, 3.8) is 0 Å². The molecule has 0 atom stereocenters. The minimum Gasteiger partial charge on any atom is -0.872 e. The molecule has 6 aromatic rings. The summed E-state index contributed by atoms with van der Waals surface area (Å²) in [5.41, 5.74) is 1.01. The molecule has 4 N–H and O–H groups in total. The summed E-state index contributed by atoms with van der Waals surface area (Å²) in [7, 11) is -13.7. The number of carbonyl (C=O) groups excluding carboxylic acids is 1. The maximum Gasteiger partial charge on any atom is 1.00 e. The summed E-state index contributed by atoms with van der Waals surface area (Å²) in [5.74, 6) is -1.07. The van der Waals surface area contributed by atoms with E-state index in [-0.39, 0.29) is 134 Å². The van der Waals surface area contributed by atoms with Gasteiger partial charge in [0.25, 0.3) is 15.7 Å². The number of ketones is 1. The SMILES string of the molecule is Cn1c(=O)cc2c3c(c(Nc4ccc(Nc5cc([O-])cc(Nc6cc(S(=O)(=O)[O-])ccc6S(=O)(=O)[O-])c5)cc4S(=O)(=O)O)ccc31)C(=O)c1ccccc1-2.[Na+].[Na+].[Na+]. The molecule has 0 amide bonds. The molecular weight excluding hydrogens is 834 g/mol. The number of pyridine rings is 1. The van der Waals surface area contributed by atoms with Gasteiger partial charge in [0.1, 0.15) is 25.1 Å². The van der Waals surface area contributed by atoms with Crippen LogP contribution in [0.5, 0.6) is 5.75 Å². The maximum absolute atomic E-state index is 13.9. The van der Waals surface area contributed by atoms with Crippen molar-refractivity contribution in [2.75, 3.05) is 16.0 Å². The molecule has 0 bridgehead atoms. The van der Waals surface area contributed by atoms with Crippen LogP contribution in [0.15, 0.2) is 117 Å². The van der Waals surface area contributed by atoms with Gasteiger partial charge in [-0.3, -0.25) is 14.1 Å². The molecule has 16 nitrogen and oxygen atoms in total. The second-order valence-corrected chi connectivity index (χ2v) is 16.2. The third kappa shape index (κ3) is 9.38. The molecule has 0 fully saturated rings. The second kappa shape index (κ2) is 17.3. The molecular formula is C35H23N4Na3O12S3. The Morgan fingerprint density at radius 1 is 0.596 bits per heavy atom. The maximum atomic E-state index is 13.9. The number of aromatic nitrogens is 1. The molecule has 0 spiro atoms. The Morgan fingerprint density at radius 3 is 1.86 bits per heavy atom. The first-order valence-electron chi connectivity index (χ1n) is 15.4. The predicted molar refractivity (Wildman–Crippen MR) is 192 cm³/mol. The standard InChI is InChI=1S/C35H26N4O12S3.3Na/c1-39-29-10-9-27(34-33(29)25(17-32(39)41)23-4-2-3-5-24(23)35(34)42)38-26-8-6-18(15-31(26)54(49,50)51)36-19-12-20(14-21(40)13-19)37-28-16-22(52(43,44)45)7-11-30(28)53(46,47)48;;;/h2-17,36-38,40H,1H3,(H,43,44,45)(H,46,47,48)(H,49,50,51);;;/q;3*+1/p-3. The average Bonchev–Trinajstić information content (AvgIpc) is 3.08. The Morgan fingerprint density at radius 2 is 1.23 bits per heavy atom. The number of nitrogens with zero attached hydrogens (tertiary/aromatic N) is 1. The van der Waals surface area contributed by atoms with Crippen molar-refractivity contribution < 1.29 is 137 Å². The van der Waals surface area contributed by atoms with Crippen LogP contribution < -0.4 is 115 Å². The summed E-state index contributed by atoms with van der Waals surface area (Å²) in [5, 5.41) is 21.3. The van der Waals surface area contributed by atoms with Gasteiger partial charge in [0.15, 0.2) is 5.78 Å². The molecule has 1 aliphatic rings. The third-order valence-electron chi connectivity index (χ3n) is 8.61. The summed E-state index contributed by atoms with van der Waals surface area (Å²) in [6.07, 6.45) is 0. The van der Waals surface area contributed by atoms with Crippen LogP contribution in [0.1, 0.15) is 15.9 Å². The number of hydrogen-bond acceptors (Lipinski definition) is 14. The van der Waals surface area contributed by atoms with E-state index >= 15 is 0 Å². The molecule has 0 unspecified atom stereocenters. The number of anilines is 6. The Bertz CT molecular complexity index is 3030. The van der Waals surface area contributed by atoms with Crippen molar-refractivity contribution >= 4 is 81.2 Å². The number of aryl methyl sites for hydroxylation is 1. The number of benzene rings is 5. The molecule has 7 rings (SSSR count). The fourth-order valence-electron chi connectivity index (χ4n) is 6.27. The molecule has 0 saturated carbocycles. The van der Waals surface area contributed by atoms with E-state index in [1.807, 2.05) is 0 Å². The van der Waals surface area contributed by atoms with Crippen LogP contribution in [0.2, 0.25) is 0 Å². The van der Waals surface area contributed by atoms with Crippen molar-refractivity contribution in [1.82, 2.24) is 4.57 Å². The van der Waals surface area contributed by atoms with E-state index in [4.69, 9.17) is 0 Å². The topological polar surface area (TPSA) is 267 Å². The van der Waals surface area contributed by atoms with E-state index in [2.05, 4.69) is 16.0 Å². The van der Waals surface area contributed by atoms with Gasteiger partial charge in [-0.1, -0.05) is 24.3 Å². The molecule has 5 aromatic carbocycles. The van der Waals surface area contributed by atoms with E-state index in [1.165, 1.54) is 34.9 Å². The van der Waals surface area contributed by atoms with Crippen LogP contribution in [-0.4, -0.2) is 49.3 Å². The smallest absolute Gasteiger partial charge is 0.872 e. The molecule has 22 heteroatoms. The summed E-state index contributed by atoms with van der Waals surface area (Å²) in [6, 6.07) is 20.1. The van der Waals surface area contributed by atoms with Gasteiger partial charge in [-0.15, -0.1) is 5.75 Å². The normalized spacial score (nSPS) is 12.0. The van der Waals surface area contributed by atoms with Crippen LogP contribution in [0.4, 0.5) is 34.1 Å². The summed E-state index contributed by atoms with van der Waals surface area (Å²) in [4.78, 5) is 24.3. The first-order valence-corrected chi connectivity index (χ1v) is 19.7. The molecule has 1 aromatic heterocycles. The zero-order valence-electron chi connectivity index (χ0n) is 30.3. The monoisotopic (exact) mass is 856 g/mol. The third-order valence-corrected chi connectivity index (χ3v) is 11.2. The predicted octanol–water partition coefficient (Wildman–Crippen LogP) is -4.88. The minimum atomic E-state index is -5.19. The average molecular weight is 857 g/mol. The number of fused-ring (bicyclic) bond motifs is 2. The first kappa shape index (κ1) is 46.6. The Labute approximate surface area is 391 Å². The van der Waals surface area contributed by atoms with Crippen molar-refractivity contribution in [3.05, 3.63) is 119 Å². The van der Waals surface area contributed by atoms with E-state index in [9.17, 15) is 53.6 Å². The van der Waals surface area contributed by atoms with Gasteiger partial charge < -0.3 is 34.7 Å². The van der Waals surface area contributed by atoms with E-state index in [1.54, 1.807) is 37.4 Å². The van der Waals surface area contributed by atoms with Gasteiger partial charge in [0.05, 0.1) is 37.9 Å². The molecule has 276 valence electrons. The number of rotatable bonds is 9. The van der Waals surface area contributed by atoms with Gasteiger partial charge in [0, 0.05) is 41.1 Å². The number of carbonyl (C=O) groups is 1. The summed E-state index contributed by atoms with van der Waals surface area (Å²) < 4.78 is 107. The Balaban J connectivity index is 0.00000240. The minimum absolute atomic E-state index is 0. The zero-order valence-corrected chi connectivity index (χ0v) is 38.8. The molecule has 1 aliphatic carbocycles. The number of hydrogen-bond donors (Lipinski definition) is 4. The molecule has 1 heterocycles. The Hall–Kier alpha value is -3.09. The van der Waals surface area contributed by atoms with Gasteiger partial charge in [-0.25, -0.2) is 16.8 Å². The molecule has 0 radical (unpaired) electrons. The van der Waals surface area contributed by atoms with Crippen molar-refractivity contribution in [3.8, 4) is 16.9 Å². The van der Waals surface area contributed by atoms with Gasteiger partial charge >= 0.3 is 88.7 Å². The number of nitrogens with one attached hydrogen (secondary N) is 3. The molecule has 57 heavy (non-hydrogen) atoms. The molecule has 0 saturated heterocycles. The van der Waals surface area contributed by atoms with Gasteiger partial charge in [-0.05, 0) is 77.9 Å². The van der Waals surface area contributed by atoms with Crippen LogP contribution in [-0.2, 0) is 37.4 Å². The second-order valence-electron chi connectivity index (χ2n) is 12.1. The van der Waals surface area contributed by atoms with Gasteiger partial charge in [0.2, 0.25) is 0 Å².